The molecule has 2 aromatic rings. The minimum absolute atomic E-state index is 0.166. The molecule has 126 valence electrons. The molecule has 0 aromatic heterocycles. The SMILES string of the molecule is Cc1ccc(C(O)CNC(=O)Nc2ccc3c(c2)N(C)CC3)cc1. The van der Waals surface area contributed by atoms with Crippen molar-refractivity contribution in [3.63, 3.8) is 0 Å². The van der Waals surface area contributed by atoms with Gasteiger partial charge in [-0.1, -0.05) is 35.9 Å². The fourth-order valence-corrected chi connectivity index (χ4v) is 2.89. The number of hydrogen-bond acceptors (Lipinski definition) is 3. The van der Waals surface area contributed by atoms with Gasteiger partial charge in [-0.05, 0) is 36.6 Å². The van der Waals surface area contributed by atoms with Crippen molar-refractivity contribution in [3.05, 3.63) is 59.2 Å². The second-order valence-corrected chi connectivity index (χ2v) is 6.28. The van der Waals surface area contributed by atoms with Gasteiger partial charge in [-0.25, -0.2) is 4.79 Å². The van der Waals surface area contributed by atoms with Crippen molar-refractivity contribution in [2.45, 2.75) is 19.4 Å². The first-order valence-corrected chi connectivity index (χ1v) is 8.16. The Morgan fingerprint density at radius 3 is 2.75 bits per heavy atom. The van der Waals surface area contributed by atoms with Crippen molar-refractivity contribution in [3.8, 4) is 0 Å². The fraction of sp³-hybridized carbons (Fsp3) is 0.316. The van der Waals surface area contributed by atoms with Crippen LogP contribution in [0.25, 0.3) is 0 Å². The fourth-order valence-electron chi connectivity index (χ4n) is 2.89. The Balaban J connectivity index is 1.54. The molecule has 0 saturated heterocycles. The van der Waals surface area contributed by atoms with Gasteiger partial charge >= 0.3 is 6.03 Å². The maximum absolute atomic E-state index is 12.0. The first-order valence-electron chi connectivity index (χ1n) is 8.16. The van der Waals surface area contributed by atoms with Crippen LogP contribution in [0.3, 0.4) is 0 Å². The third-order valence-corrected chi connectivity index (χ3v) is 4.39. The molecule has 0 spiro atoms. The van der Waals surface area contributed by atoms with Crippen LogP contribution in [0, 0.1) is 6.92 Å². The molecule has 0 bridgehead atoms. The predicted molar refractivity (Wildman–Crippen MR) is 96.6 cm³/mol. The number of hydrogen-bond donors (Lipinski definition) is 3. The largest absolute Gasteiger partial charge is 0.387 e. The van der Waals surface area contributed by atoms with Gasteiger partial charge in [-0.2, -0.15) is 0 Å². The van der Waals surface area contributed by atoms with Gasteiger partial charge in [-0.3, -0.25) is 0 Å². The van der Waals surface area contributed by atoms with Crippen molar-refractivity contribution in [1.29, 1.82) is 0 Å². The minimum atomic E-state index is -0.720. The van der Waals surface area contributed by atoms with Crippen molar-refractivity contribution in [2.75, 3.05) is 30.4 Å². The van der Waals surface area contributed by atoms with E-state index in [-0.39, 0.29) is 12.6 Å². The highest BCUT2D eigenvalue weighted by Crippen LogP contribution is 2.29. The van der Waals surface area contributed by atoms with Gasteiger partial charge in [0.2, 0.25) is 0 Å². The van der Waals surface area contributed by atoms with E-state index in [0.717, 1.165) is 35.5 Å². The van der Waals surface area contributed by atoms with Gasteiger partial charge in [0, 0.05) is 31.5 Å². The molecule has 3 rings (SSSR count). The molecule has 0 saturated carbocycles. The summed E-state index contributed by atoms with van der Waals surface area (Å²) < 4.78 is 0. The van der Waals surface area contributed by atoms with Crippen LogP contribution in [0.5, 0.6) is 0 Å². The molecule has 1 heterocycles. The number of aliphatic hydroxyl groups excluding tert-OH is 1. The molecule has 1 unspecified atom stereocenters. The molecule has 0 fully saturated rings. The number of anilines is 2. The van der Waals surface area contributed by atoms with Crippen LogP contribution in [-0.2, 0) is 6.42 Å². The lowest BCUT2D eigenvalue weighted by Crippen LogP contribution is -2.32. The Labute approximate surface area is 142 Å². The lowest BCUT2D eigenvalue weighted by atomic mass is 10.1. The minimum Gasteiger partial charge on any atom is -0.387 e. The van der Waals surface area contributed by atoms with E-state index in [1.165, 1.54) is 5.56 Å². The molecule has 2 amide bonds. The maximum atomic E-state index is 12.0. The van der Waals surface area contributed by atoms with Gasteiger partial charge in [0.05, 0.1) is 6.10 Å². The van der Waals surface area contributed by atoms with Crippen molar-refractivity contribution in [1.82, 2.24) is 5.32 Å². The maximum Gasteiger partial charge on any atom is 0.319 e. The van der Waals surface area contributed by atoms with E-state index in [9.17, 15) is 9.90 Å². The summed E-state index contributed by atoms with van der Waals surface area (Å²) in [7, 11) is 2.05. The topological polar surface area (TPSA) is 64.6 Å². The van der Waals surface area contributed by atoms with Gasteiger partial charge in [0.25, 0.3) is 0 Å². The highest BCUT2D eigenvalue weighted by atomic mass is 16.3. The zero-order valence-corrected chi connectivity index (χ0v) is 14.0. The Kier molecular flexibility index (Phi) is 4.71. The average molecular weight is 325 g/mol. The van der Waals surface area contributed by atoms with E-state index in [1.807, 2.05) is 50.4 Å². The van der Waals surface area contributed by atoms with Crippen LogP contribution in [0.15, 0.2) is 42.5 Å². The number of carbonyl (C=O) groups is 1. The van der Waals surface area contributed by atoms with E-state index >= 15 is 0 Å². The Morgan fingerprint density at radius 2 is 2.00 bits per heavy atom. The van der Waals surface area contributed by atoms with E-state index < -0.39 is 6.10 Å². The van der Waals surface area contributed by atoms with Crippen LogP contribution in [-0.4, -0.2) is 31.3 Å². The summed E-state index contributed by atoms with van der Waals surface area (Å²) in [6.45, 7) is 3.17. The highest BCUT2D eigenvalue weighted by molar-refractivity contribution is 5.90. The molecule has 1 aliphatic heterocycles. The van der Waals surface area contributed by atoms with Gasteiger partial charge in [0.15, 0.2) is 0 Å². The standard InChI is InChI=1S/C19H23N3O2/c1-13-3-5-15(6-4-13)18(23)12-20-19(24)21-16-8-7-14-9-10-22(2)17(14)11-16/h3-8,11,18,23H,9-10,12H2,1-2H3,(H2,20,21,24). The number of nitrogens with zero attached hydrogens (tertiary/aromatic N) is 1. The number of carbonyl (C=O) groups excluding carboxylic acids is 1. The number of fused-ring (bicyclic) bond motifs is 1. The summed E-state index contributed by atoms with van der Waals surface area (Å²) in [5.74, 6) is 0. The van der Waals surface area contributed by atoms with Crippen LogP contribution in [0.4, 0.5) is 16.2 Å². The molecule has 1 aliphatic rings. The number of rotatable bonds is 4. The molecule has 2 aromatic carbocycles. The molecular formula is C19H23N3O2. The lowest BCUT2D eigenvalue weighted by molar-refractivity contribution is 0.175. The number of likely N-dealkylation sites (N-methyl/N-ethyl adjacent to an activating group) is 1. The molecule has 24 heavy (non-hydrogen) atoms. The Hall–Kier alpha value is -2.53. The normalized spacial score (nSPS) is 14.2. The smallest absolute Gasteiger partial charge is 0.319 e. The molecule has 0 aliphatic carbocycles. The van der Waals surface area contributed by atoms with Crippen LogP contribution in [0.2, 0.25) is 0 Å². The van der Waals surface area contributed by atoms with Crippen molar-refractivity contribution in [2.24, 2.45) is 0 Å². The van der Waals surface area contributed by atoms with E-state index in [2.05, 4.69) is 21.6 Å². The zero-order chi connectivity index (χ0) is 17.1. The van der Waals surface area contributed by atoms with E-state index in [0.29, 0.717) is 0 Å². The molecule has 1 atom stereocenters. The number of aliphatic hydroxyl groups is 1. The highest BCUT2D eigenvalue weighted by Gasteiger charge is 2.16. The summed E-state index contributed by atoms with van der Waals surface area (Å²) in [4.78, 5) is 14.2. The number of benzene rings is 2. The van der Waals surface area contributed by atoms with E-state index in [4.69, 9.17) is 0 Å². The first-order chi connectivity index (χ1) is 11.5. The zero-order valence-electron chi connectivity index (χ0n) is 14.0. The van der Waals surface area contributed by atoms with Gasteiger partial charge < -0.3 is 20.6 Å². The summed E-state index contributed by atoms with van der Waals surface area (Å²) >= 11 is 0. The van der Waals surface area contributed by atoms with Gasteiger partial charge in [0.1, 0.15) is 0 Å². The molecule has 5 heteroatoms. The number of aryl methyl sites for hydroxylation is 1. The molecule has 3 N–H and O–H groups in total. The predicted octanol–water partition coefficient (Wildman–Crippen LogP) is 2.84. The molecular weight excluding hydrogens is 302 g/mol. The second kappa shape index (κ2) is 6.93. The molecule has 0 radical (unpaired) electrons. The lowest BCUT2D eigenvalue weighted by Gasteiger charge is -2.15. The monoisotopic (exact) mass is 325 g/mol. The summed E-state index contributed by atoms with van der Waals surface area (Å²) in [6, 6.07) is 13.3. The van der Waals surface area contributed by atoms with Crippen molar-refractivity contribution < 1.29 is 9.90 Å². The molecule has 5 nitrogen and oxygen atoms in total. The third-order valence-electron chi connectivity index (χ3n) is 4.39. The van der Waals surface area contributed by atoms with Crippen LogP contribution >= 0.6 is 0 Å². The number of amides is 2. The van der Waals surface area contributed by atoms with E-state index in [1.54, 1.807) is 0 Å². The summed E-state index contributed by atoms with van der Waals surface area (Å²) in [5.41, 5.74) is 5.15. The Bertz CT molecular complexity index is 728. The third kappa shape index (κ3) is 3.68. The second-order valence-electron chi connectivity index (χ2n) is 6.28. The van der Waals surface area contributed by atoms with Gasteiger partial charge in [-0.15, -0.1) is 0 Å². The van der Waals surface area contributed by atoms with Crippen molar-refractivity contribution >= 4 is 17.4 Å². The average Bonchev–Trinajstić information content (AvgIpc) is 2.94. The Morgan fingerprint density at radius 1 is 1.25 bits per heavy atom. The number of nitrogens with one attached hydrogen (secondary N) is 2. The quantitative estimate of drug-likeness (QED) is 0.810. The van der Waals surface area contributed by atoms with Crippen LogP contribution in [0.1, 0.15) is 22.8 Å². The summed E-state index contributed by atoms with van der Waals surface area (Å²) in [6.07, 6.45) is 0.323. The number of urea groups is 1. The summed E-state index contributed by atoms with van der Waals surface area (Å²) in [5, 5.41) is 15.7. The van der Waals surface area contributed by atoms with Crippen LogP contribution < -0.4 is 15.5 Å². The first kappa shape index (κ1) is 16.3.